The Balaban J connectivity index is 1.66. The number of hydrogen-bond donors (Lipinski definition) is 0. The fraction of sp³-hybridized carbons (Fsp3) is 0.500. The van der Waals surface area contributed by atoms with Crippen LogP contribution in [0.5, 0.6) is 0 Å². The summed E-state index contributed by atoms with van der Waals surface area (Å²) in [6, 6.07) is 41.9. The van der Waals surface area contributed by atoms with Gasteiger partial charge in [0.25, 0.3) is 0 Å². The van der Waals surface area contributed by atoms with E-state index in [1.54, 1.807) is 0 Å². The summed E-state index contributed by atoms with van der Waals surface area (Å²) in [7, 11) is -31.6. The third-order valence-electron chi connectivity index (χ3n) is 13.5. The number of benzene rings is 4. The Morgan fingerprint density at radius 3 is 0.515 bits per heavy atom. The van der Waals surface area contributed by atoms with Gasteiger partial charge in [0.05, 0.1) is 0 Å². The highest BCUT2D eigenvalue weighted by molar-refractivity contribution is 7.07. The van der Waals surface area contributed by atoms with Gasteiger partial charge in [0.2, 0.25) is 0 Å². The molecule has 0 radical (unpaired) electrons. The van der Waals surface area contributed by atoms with Crippen LogP contribution < -0.4 is 20.7 Å². The minimum absolute atomic E-state index is 0.114. The molecule has 3 saturated heterocycles. The number of fused-ring (bicyclic) bond motifs is 4. The van der Waals surface area contributed by atoms with Crippen molar-refractivity contribution in [3.05, 3.63) is 121 Å². The molecule has 66 heavy (non-hydrogen) atoms. The van der Waals surface area contributed by atoms with E-state index >= 15 is 0 Å². The highest BCUT2D eigenvalue weighted by Gasteiger charge is 2.79. The smallest absolute Gasteiger partial charge is 0.408 e. The van der Waals surface area contributed by atoms with Gasteiger partial charge in [0, 0.05) is 44.3 Å². The van der Waals surface area contributed by atoms with Crippen LogP contribution in [0, 0.1) is 0 Å². The first-order valence-corrected chi connectivity index (χ1v) is 39.1. The van der Waals surface area contributed by atoms with Crippen molar-refractivity contribution in [3.63, 3.8) is 0 Å². The highest BCUT2D eigenvalue weighted by atomic mass is 28.6. The van der Waals surface area contributed by atoms with Crippen LogP contribution in [0.4, 0.5) is 0 Å². The lowest BCUT2D eigenvalue weighted by atomic mass is 10.4. The summed E-state index contributed by atoms with van der Waals surface area (Å²) in [6.07, 6.45) is 0. The summed E-state index contributed by atoms with van der Waals surface area (Å²) < 4.78 is 82.5. The average Bonchev–Trinajstić information content (AvgIpc) is 3.26. The maximum atomic E-state index is 8.27. The molecule has 7 rings (SSSR count). The van der Waals surface area contributed by atoms with E-state index < -0.39 is 69.5 Å². The molecule has 0 spiro atoms. The molecule has 3 heterocycles. The van der Waals surface area contributed by atoms with Gasteiger partial charge in [-0.3, -0.25) is 0 Å². The molecule has 0 amide bonds. The quantitative estimate of drug-likeness (QED) is 0.128. The van der Waals surface area contributed by atoms with Crippen molar-refractivity contribution < 1.29 is 41.2 Å². The molecule has 0 aliphatic carbocycles. The molecule has 4 aromatic carbocycles. The summed E-state index contributed by atoms with van der Waals surface area (Å²) in [5.41, 5.74) is -1.70. The predicted octanol–water partition coefficient (Wildman–Crippen LogP) is 10.6. The second-order valence-corrected chi connectivity index (χ2v) is 50.7. The van der Waals surface area contributed by atoms with Crippen molar-refractivity contribution >= 4 is 90.2 Å². The normalized spacial score (nSPS) is 34.4. The molecule has 4 unspecified atom stereocenters. The van der Waals surface area contributed by atoms with Crippen LogP contribution in [0.25, 0.3) is 0 Å². The minimum atomic E-state index is -4.20. The molecule has 18 heteroatoms. The van der Waals surface area contributed by atoms with Crippen molar-refractivity contribution in [2.75, 3.05) is 0 Å². The Morgan fingerprint density at radius 2 is 0.379 bits per heavy atom. The molecule has 10 nitrogen and oxygen atoms in total. The van der Waals surface area contributed by atoms with Crippen LogP contribution in [0.3, 0.4) is 0 Å². The first-order valence-electron chi connectivity index (χ1n) is 24.3. The molecule has 3 aliphatic rings. The van der Waals surface area contributed by atoms with E-state index in [2.05, 4.69) is 208 Å². The van der Waals surface area contributed by atoms with Gasteiger partial charge < -0.3 is 41.2 Å². The summed E-state index contributed by atoms with van der Waals surface area (Å²) in [5.74, 6) is 0. The van der Waals surface area contributed by atoms with Crippen LogP contribution in [0.2, 0.25) is 44.3 Å². The zero-order valence-electron chi connectivity index (χ0n) is 42.2. The van der Waals surface area contributed by atoms with Gasteiger partial charge in [-0.15, -0.1) is 0 Å². The van der Waals surface area contributed by atoms with Crippen molar-refractivity contribution in [3.8, 4) is 0 Å². The average molecular weight is 1040 g/mol. The van der Waals surface area contributed by atoms with Crippen LogP contribution in [-0.2, 0) is 41.2 Å². The molecule has 4 bridgehead atoms. The van der Waals surface area contributed by atoms with Crippen molar-refractivity contribution in [1.29, 1.82) is 0 Å². The molecule has 0 saturated carbocycles. The zero-order chi connectivity index (χ0) is 48.1. The molecular formula is C48H76O10Si8. The largest absolute Gasteiger partial charge is 0.480 e. The molecule has 4 aromatic rings. The van der Waals surface area contributed by atoms with Gasteiger partial charge in [-0.1, -0.05) is 232 Å². The second-order valence-electron chi connectivity index (χ2n) is 20.8. The molecule has 3 fully saturated rings. The SMILES string of the molecule is CC(C)[Si]12O[Si]3(C(C)C)O[Si](C(C)C)(O[Si](C(C)C)(O1)O[Si@@](c1ccccc1)(C(C)C)O[Si@@](c1ccccc1)(C(C)C)O2)O[Si@@](c1ccccc1)(C(C)C)O[Si@@](c1ccccc1)(C(C)C)O3. The summed E-state index contributed by atoms with van der Waals surface area (Å²) in [5, 5.41) is 3.95. The Morgan fingerprint density at radius 1 is 0.212 bits per heavy atom. The lowest BCUT2D eigenvalue weighted by Crippen LogP contribution is -2.86. The molecular weight excluding hydrogens is 961 g/mol. The fourth-order valence-corrected chi connectivity index (χ4v) is 62.6. The van der Waals surface area contributed by atoms with Gasteiger partial charge in [0.1, 0.15) is 0 Å². The highest BCUT2D eigenvalue weighted by Crippen LogP contribution is 2.54. The van der Waals surface area contributed by atoms with Crippen molar-refractivity contribution in [1.82, 2.24) is 0 Å². The summed E-state index contributed by atoms with van der Waals surface area (Å²) >= 11 is 0. The second kappa shape index (κ2) is 19.4. The van der Waals surface area contributed by atoms with Crippen LogP contribution >= 0.6 is 0 Å². The van der Waals surface area contributed by atoms with Gasteiger partial charge >= 0.3 is 69.5 Å². The maximum absolute atomic E-state index is 8.27. The predicted molar refractivity (Wildman–Crippen MR) is 282 cm³/mol. The third kappa shape index (κ3) is 8.86. The first kappa shape index (κ1) is 52.0. The Hall–Kier alpha value is -1.78. The van der Waals surface area contributed by atoms with Crippen LogP contribution in [0.15, 0.2) is 121 Å². The van der Waals surface area contributed by atoms with E-state index in [0.717, 1.165) is 20.7 Å². The van der Waals surface area contributed by atoms with Gasteiger partial charge in [-0.05, 0) is 20.7 Å². The van der Waals surface area contributed by atoms with E-state index in [1.807, 2.05) is 24.3 Å². The van der Waals surface area contributed by atoms with Gasteiger partial charge in [-0.2, -0.15) is 0 Å². The van der Waals surface area contributed by atoms with Crippen molar-refractivity contribution in [2.45, 2.75) is 155 Å². The summed E-state index contributed by atoms with van der Waals surface area (Å²) in [4.78, 5) is 0. The molecule has 0 aromatic heterocycles. The molecule has 360 valence electrons. The van der Waals surface area contributed by atoms with Crippen LogP contribution in [-0.4, -0.2) is 69.5 Å². The molecule has 0 N–H and O–H groups in total. The third-order valence-corrected chi connectivity index (χ3v) is 53.1. The number of hydrogen-bond acceptors (Lipinski definition) is 10. The van der Waals surface area contributed by atoms with E-state index in [9.17, 15) is 0 Å². The van der Waals surface area contributed by atoms with E-state index in [-0.39, 0.29) is 44.3 Å². The Labute approximate surface area is 405 Å². The lowest BCUT2D eigenvalue weighted by Gasteiger charge is -2.62. The van der Waals surface area contributed by atoms with E-state index in [0.29, 0.717) is 0 Å². The fourth-order valence-electron chi connectivity index (χ4n) is 9.27. The first-order chi connectivity index (χ1) is 31.0. The topological polar surface area (TPSA) is 92.3 Å². The Kier molecular flexibility index (Phi) is 15.3. The van der Waals surface area contributed by atoms with Crippen molar-refractivity contribution in [2.24, 2.45) is 0 Å². The monoisotopic (exact) mass is 1040 g/mol. The van der Waals surface area contributed by atoms with Gasteiger partial charge in [0.15, 0.2) is 0 Å². The number of rotatable bonds is 12. The standard InChI is InChI=1S/C48H76O10Si8/c1-37(2)59(45-29-21-17-22-30-45)49-60(38(3)4,46-31-23-18-24-32-46)52-64(42(11)12)55-63(51-59,41(9)10)57-65(43(13)14)53-61(39(5)6,47-33-25-19-26-34-47)50-62(40(7)8,48-35-27-20-28-36-48)54-66(56-65,58-64)44(15)16/h17-44H,1-16H3/t59-,60+,61-,62+,63?,64?,65?,66?. The summed E-state index contributed by atoms with van der Waals surface area (Å²) in [6.45, 7) is 34.8. The van der Waals surface area contributed by atoms with Crippen LogP contribution in [0.1, 0.15) is 111 Å². The van der Waals surface area contributed by atoms with E-state index in [4.69, 9.17) is 41.2 Å². The maximum Gasteiger partial charge on any atom is 0.480 e. The Bertz CT molecular complexity index is 1930. The lowest BCUT2D eigenvalue weighted by molar-refractivity contribution is 0.0354. The minimum Gasteiger partial charge on any atom is -0.408 e. The van der Waals surface area contributed by atoms with Gasteiger partial charge in [-0.25, -0.2) is 0 Å². The zero-order valence-corrected chi connectivity index (χ0v) is 50.2. The van der Waals surface area contributed by atoms with E-state index in [1.165, 1.54) is 0 Å². The molecule has 8 atom stereocenters. The molecule has 3 aliphatic heterocycles.